The molecule has 0 fully saturated rings. The van der Waals surface area contributed by atoms with Crippen LogP contribution in [0, 0.1) is 0 Å². The van der Waals surface area contributed by atoms with Crippen molar-refractivity contribution >= 4 is 11.9 Å². The highest BCUT2D eigenvalue weighted by Crippen LogP contribution is 2.34. The van der Waals surface area contributed by atoms with Crippen LogP contribution in [0.1, 0.15) is 35.1 Å². The van der Waals surface area contributed by atoms with Gasteiger partial charge in [-0.05, 0) is 31.4 Å². The number of nitrogens with zero attached hydrogens (tertiary/aromatic N) is 2. The van der Waals surface area contributed by atoms with Crippen LogP contribution in [0.2, 0.25) is 0 Å². The van der Waals surface area contributed by atoms with E-state index < -0.39 is 18.0 Å². The smallest absolute Gasteiger partial charge is 0.356 e. The molecular weight excluding hydrogens is 276 g/mol. The van der Waals surface area contributed by atoms with Crippen LogP contribution in [-0.4, -0.2) is 33.7 Å². The van der Waals surface area contributed by atoms with Gasteiger partial charge in [0.25, 0.3) is 0 Å². The number of carboxylic acid groups (broad SMARTS) is 1. The third kappa shape index (κ3) is 2.10. The van der Waals surface area contributed by atoms with Crippen LogP contribution in [0.15, 0.2) is 22.8 Å². The molecule has 0 saturated carbocycles. The van der Waals surface area contributed by atoms with E-state index in [0.717, 1.165) is 0 Å². The number of hydrogen-bond donors (Lipinski definition) is 1. The number of carbonyl (C=O) groups excluding carboxylic acids is 1. The van der Waals surface area contributed by atoms with Gasteiger partial charge in [0.1, 0.15) is 6.04 Å². The summed E-state index contributed by atoms with van der Waals surface area (Å²) >= 11 is 0. The Hall–Kier alpha value is -2.57. The highest BCUT2D eigenvalue weighted by Gasteiger charge is 2.34. The van der Waals surface area contributed by atoms with Gasteiger partial charge >= 0.3 is 11.9 Å². The second-order valence-electron chi connectivity index (χ2n) is 4.81. The molecular formula is C14H14N2O5. The highest BCUT2D eigenvalue weighted by molar-refractivity contribution is 5.88. The third-order valence-electron chi connectivity index (χ3n) is 3.63. The first kappa shape index (κ1) is 13.4. The SMILES string of the molecule is COC(=O)C1CCCc2c(C(=O)O)nc(-c3ccco3)n21. The predicted molar refractivity (Wildman–Crippen MR) is 70.9 cm³/mol. The fraction of sp³-hybridized carbons (Fsp3) is 0.357. The van der Waals surface area contributed by atoms with E-state index in [9.17, 15) is 14.7 Å². The Labute approximate surface area is 120 Å². The zero-order chi connectivity index (χ0) is 15.0. The number of imidazole rings is 1. The third-order valence-corrected chi connectivity index (χ3v) is 3.63. The molecule has 0 spiro atoms. The van der Waals surface area contributed by atoms with Crippen molar-refractivity contribution in [3.8, 4) is 11.6 Å². The van der Waals surface area contributed by atoms with E-state index in [2.05, 4.69) is 4.98 Å². The van der Waals surface area contributed by atoms with Gasteiger partial charge in [-0.3, -0.25) is 0 Å². The van der Waals surface area contributed by atoms with Gasteiger partial charge in [-0.1, -0.05) is 0 Å². The van der Waals surface area contributed by atoms with E-state index in [1.165, 1.54) is 13.4 Å². The summed E-state index contributed by atoms with van der Waals surface area (Å²) in [7, 11) is 1.32. The minimum atomic E-state index is -1.11. The van der Waals surface area contributed by atoms with Crippen LogP contribution >= 0.6 is 0 Å². The Morgan fingerprint density at radius 1 is 1.52 bits per heavy atom. The molecule has 1 N–H and O–H groups in total. The van der Waals surface area contributed by atoms with Crippen LogP contribution in [0.5, 0.6) is 0 Å². The summed E-state index contributed by atoms with van der Waals surface area (Å²) in [5, 5.41) is 9.31. The van der Waals surface area contributed by atoms with Gasteiger partial charge < -0.3 is 18.8 Å². The molecule has 21 heavy (non-hydrogen) atoms. The molecule has 7 nitrogen and oxygen atoms in total. The lowest BCUT2D eigenvalue weighted by atomic mass is 10.0. The Morgan fingerprint density at radius 2 is 2.33 bits per heavy atom. The van der Waals surface area contributed by atoms with E-state index in [4.69, 9.17) is 9.15 Å². The summed E-state index contributed by atoms with van der Waals surface area (Å²) in [6, 6.07) is 2.80. The minimum absolute atomic E-state index is 0.0324. The first-order chi connectivity index (χ1) is 10.1. The average molecular weight is 290 g/mol. The number of furan rings is 1. The van der Waals surface area contributed by atoms with Crippen molar-refractivity contribution in [2.45, 2.75) is 25.3 Å². The molecule has 1 aliphatic rings. The zero-order valence-corrected chi connectivity index (χ0v) is 11.4. The van der Waals surface area contributed by atoms with Crippen LogP contribution in [0.3, 0.4) is 0 Å². The topological polar surface area (TPSA) is 94.6 Å². The largest absolute Gasteiger partial charge is 0.476 e. The normalized spacial score (nSPS) is 17.3. The van der Waals surface area contributed by atoms with Gasteiger partial charge in [0.15, 0.2) is 17.3 Å². The first-order valence-electron chi connectivity index (χ1n) is 6.59. The molecule has 2 aromatic heterocycles. The molecule has 7 heteroatoms. The minimum Gasteiger partial charge on any atom is -0.476 e. The van der Waals surface area contributed by atoms with Crippen LogP contribution in [-0.2, 0) is 16.0 Å². The van der Waals surface area contributed by atoms with Crippen molar-refractivity contribution in [3.05, 3.63) is 29.8 Å². The van der Waals surface area contributed by atoms with Gasteiger partial charge in [-0.15, -0.1) is 0 Å². The van der Waals surface area contributed by atoms with Gasteiger partial charge in [0.05, 0.1) is 19.1 Å². The standard InChI is InChI=1S/C14H14N2O5/c1-20-14(19)9-5-2-4-8-11(13(17)18)15-12(16(8)9)10-6-3-7-21-10/h3,6-7,9H,2,4-5H2,1H3,(H,17,18). The lowest BCUT2D eigenvalue weighted by Crippen LogP contribution is -2.27. The number of carbonyl (C=O) groups is 2. The van der Waals surface area contributed by atoms with Gasteiger partial charge in [-0.25, -0.2) is 14.6 Å². The van der Waals surface area contributed by atoms with Gasteiger partial charge in [0.2, 0.25) is 0 Å². The van der Waals surface area contributed by atoms with Crippen molar-refractivity contribution in [2.75, 3.05) is 7.11 Å². The molecule has 110 valence electrons. The maximum atomic E-state index is 12.0. The lowest BCUT2D eigenvalue weighted by Gasteiger charge is -2.24. The summed E-state index contributed by atoms with van der Waals surface area (Å²) in [4.78, 5) is 27.5. The second-order valence-corrected chi connectivity index (χ2v) is 4.81. The molecule has 3 heterocycles. The Morgan fingerprint density at radius 3 is 2.95 bits per heavy atom. The van der Waals surface area contributed by atoms with E-state index in [1.54, 1.807) is 16.7 Å². The molecule has 2 aromatic rings. The Balaban J connectivity index is 2.22. The van der Waals surface area contributed by atoms with Gasteiger partial charge in [-0.2, -0.15) is 0 Å². The number of hydrogen-bond acceptors (Lipinski definition) is 5. The predicted octanol–water partition coefficient (Wildman–Crippen LogP) is 1.89. The molecule has 0 aromatic carbocycles. The fourth-order valence-electron chi connectivity index (χ4n) is 2.74. The van der Waals surface area contributed by atoms with Crippen molar-refractivity contribution in [1.82, 2.24) is 9.55 Å². The lowest BCUT2D eigenvalue weighted by molar-refractivity contribution is -0.145. The highest BCUT2D eigenvalue weighted by atomic mass is 16.5. The number of esters is 1. The molecule has 0 amide bonds. The number of fused-ring (bicyclic) bond motifs is 1. The average Bonchev–Trinajstić information content (AvgIpc) is 3.12. The number of methoxy groups -OCH3 is 1. The van der Waals surface area contributed by atoms with E-state index in [-0.39, 0.29) is 5.69 Å². The zero-order valence-electron chi connectivity index (χ0n) is 11.4. The molecule has 1 atom stereocenters. The fourth-order valence-corrected chi connectivity index (χ4v) is 2.74. The summed E-state index contributed by atoms with van der Waals surface area (Å²) in [5.74, 6) is -0.734. The van der Waals surface area contributed by atoms with Crippen LogP contribution in [0.25, 0.3) is 11.6 Å². The summed E-state index contributed by atoms with van der Waals surface area (Å²) in [5.41, 5.74) is 0.505. The number of ether oxygens (including phenoxy) is 1. The van der Waals surface area contributed by atoms with Crippen molar-refractivity contribution < 1.29 is 23.8 Å². The summed E-state index contributed by atoms with van der Waals surface area (Å²) in [6.45, 7) is 0. The maximum absolute atomic E-state index is 12.0. The van der Waals surface area contributed by atoms with E-state index in [1.807, 2.05) is 0 Å². The Bertz CT molecular complexity index is 687. The molecule has 0 aliphatic carbocycles. The van der Waals surface area contributed by atoms with E-state index >= 15 is 0 Å². The number of carboxylic acids is 1. The molecule has 0 bridgehead atoms. The molecule has 3 rings (SSSR count). The first-order valence-corrected chi connectivity index (χ1v) is 6.59. The Kier molecular flexibility index (Phi) is 3.25. The van der Waals surface area contributed by atoms with Crippen molar-refractivity contribution in [3.63, 3.8) is 0 Å². The molecule has 1 unspecified atom stereocenters. The van der Waals surface area contributed by atoms with Crippen molar-refractivity contribution in [1.29, 1.82) is 0 Å². The molecule has 0 radical (unpaired) electrons. The maximum Gasteiger partial charge on any atom is 0.356 e. The van der Waals surface area contributed by atoms with Crippen molar-refractivity contribution in [2.24, 2.45) is 0 Å². The van der Waals surface area contributed by atoms with Crippen LogP contribution < -0.4 is 0 Å². The second kappa shape index (κ2) is 5.08. The monoisotopic (exact) mass is 290 g/mol. The molecule has 1 aliphatic heterocycles. The van der Waals surface area contributed by atoms with Crippen LogP contribution in [0.4, 0.5) is 0 Å². The number of aromatic nitrogens is 2. The van der Waals surface area contributed by atoms with Gasteiger partial charge in [0, 0.05) is 0 Å². The number of aromatic carboxylic acids is 1. The molecule has 0 saturated heterocycles. The summed E-state index contributed by atoms with van der Waals surface area (Å²) in [6.07, 6.45) is 3.34. The quantitative estimate of drug-likeness (QED) is 0.867. The summed E-state index contributed by atoms with van der Waals surface area (Å²) < 4.78 is 11.8. The number of rotatable bonds is 3. The van der Waals surface area contributed by atoms with E-state index in [0.29, 0.717) is 36.5 Å².